The average molecular weight is 270 g/mol. The molecule has 1 aromatic heterocycles. The maximum atomic E-state index is 12.6. The van der Waals surface area contributed by atoms with E-state index in [9.17, 15) is 4.79 Å². The SMILES string of the molecule is CCC1CCCCC1NC(=O)c1cccc2cc[nH]c12. The van der Waals surface area contributed by atoms with Gasteiger partial charge in [-0.15, -0.1) is 0 Å². The van der Waals surface area contributed by atoms with Crippen LogP contribution in [0.2, 0.25) is 0 Å². The van der Waals surface area contributed by atoms with Gasteiger partial charge in [0.25, 0.3) is 5.91 Å². The summed E-state index contributed by atoms with van der Waals surface area (Å²) in [5, 5.41) is 4.35. The van der Waals surface area contributed by atoms with Crippen LogP contribution in [0.1, 0.15) is 49.4 Å². The van der Waals surface area contributed by atoms with Gasteiger partial charge in [-0.25, -0.2) is 0 Å². The van der Waals surface area contributed by atoms with Crippen molar-refractivity contribution in [3.8, 4) is 0 Å². The number of hydrogen-bond donors (Lipinski definition) is 2. The zero-order chi connectivity index (χ0) is 13.9. The third-order valence-electron chi connectivity index (χ3n) is 4.58. The number of aromatic nitrogens is 1. The van der Waals surface area contributed by atoms with Gasteiger partial charge in [0.15, 0.2) is 0 Å². The molecule has 1 heterocycles. The van der Waals surface area contributed by atoms with Gasteiger partial charge in [0.2, 0.25) is 0 Å². The molecule has 0 aliphatic heterocycles. The van der Waals surface area contributed by atoms with Crippen molar-refractivity contribution in [1.29, 1.82) is 0 Å². The van der Waals surface area contributed by atoms with Gasteiger partial charge < -0.3 is 10.3 Å². The summed E-state index contributed by atoms with van der Waals surface area (Å²) in [6.45, 7) is 2.22. The van der Waals surface area contributed by atoms with Crippen molar-refractivity contribution in [2.75, 3.05) is 0 Å². The fraction of sp³-hybridized carbons (Fsp3) is 0.471. The quantitative estimate of drug-likeness (QED) is 0.873. The van der Waals surface area contributed by atoms with Crippen molar-refractivity contribution in [2.24, 2.45) is 5.92 Å². The molecule has 2 N–H and O–H groups in total. The summed E-state index contributed by atoms with van der Waals surface area (Å²) in [7, 11) is 0. The van der Waals surface area contributed by atoms with E-state index in [1.807, 2.05) is 30.5 Å². The highest BCUT2D eigenvalue weighted by atomic mass is 16.1. The molecule has 2 atom stereocenters. The Hall–Kier alpha value is -1.77. The third-order valence-corrected chi connectivity index (χ3v) is 4.58. The Morgan fingerprint density at radius 2 is 2.15 bits per heavy atom. The fourth-order valence-corrected chi connectivity index (χ4v) is 3.41. The molecular weight excluding hydrogens is 248 g/mol. The lowest BCUT2D eigenvalue weighted by molar-refractivity contribution is 0.0906. The third kappa shape index (κ3) is 2.45. The van der Waals surface area contributed by atoms with Crippen molar-refractivity contribution >= 4 is 16.8 Å². The van der Waals surface area contributed by atoms with Crippen molar-refractivity contribution < 1.29 is 4.79 Å². The zero-order valence-corrected chi connectivity index (χ0v) is 12.0. The van der Waals surface area contributed by atoms with Crippen LogP contribution in [-0.2, 0) is 0 Å². The number of nitrogens with one attached hydrogen (secondary N) is 2. The molecule has 3 rings (SSSR count). The van der Waals surface area contributed by atoms with Crippen molar-refractivity contribution in [3.05, 3.63) is 36.0 Å². The van der Waals surface area contributed by atoms with Gasteiger partial charge >= 0.3 is 0 Å². The standard InChI is InChI=1S/C17H22N2O/c1-2-12-6-3-4-9-15(12)19-17(20)14-8-5-7-13-10-11-18-16(13)14/h5,7-8,10-12,15,18H,2-4,6,9H2,1H3,(H,19,20). The van der Waals surface area contributed by atoms with Crippen LogP contribution in [0.15, 0.2) is 30.5 Å². The predicted octanol–water partition coefficient (Wildman–Crippen LogP) is 3.87. The Morgan fingerprint density at radius 3 is 3.00 bits per heavy atom. The average Bonchev–Trinajstić information content (AvgIpc) is 2.96. The lowest BCUT2D eigenvalue weighted by atomic mass is 9.83. The first-order valence-corrected chi connectivity index (χ1v) is 7.66. The first-order valence-electron chi connectivity index (χ1n) is 7.66. The van der Waals surface area contributed by atoms with E-state index in [0.29, 0.717) is 12.0 Å². The van der Waals surface area contributed by atoms with Gasteiger partial charge in [-0.3, -0.25) is 4.79 Å². The topological polar surface area (TPSA) is 44.9 Å². The van der Waals surface area contributed by atoms with E-state index in [-0.39, 0.29) is 5.91 Å². The fourth-order valence-electron chi connectivity index (χ4n) is 3.41. The first kappa shape index (κ1) is 13.2. The monoisotopic (exact) mass is 270 g/mol. The second-order valence-electron chi connectivity index (χ2n) is 5.78. The highest BCUT2D eigenvalue weighted by Gasteiger charge is 2.25. The minimum absolute atomic E-state index is 0.0587. The second-order valence-corrected chi connectivity index (χ2v) is 5.78. The largest absolute Gasteiger partial charge is 0.361 e. The Balaban J connectivity index is 1.80. The van der Waals surface area contributed by atoms with Crippen LogP contribution >= 0.6 is 0 Å². The highest BCUT2D eigenvalue weighted by molar-refractivity contribution is 6.05. The van der Waals surface area contributed by atoms with Crippen LogP contribution in [0, 0.1) is 5.92 Å². The summed E-state index contributed by atoms with van der Waals surface area (Å²) in [6, 6.07) is 8.22. The molecule has 2 aromatic rings. The molecule has 106 valence electrons. The minimum atomic E-state index is 0.0587. The zero-order valence-electron chi connectivity index (χ0n) is 12.0. The Morgan fingerprint density at radius 1 is 1.30 bits per heavy atom. The molecule has 1 fully saturated rings. The number of carbonyl (C=O) groups excluding carboxylic acids is 1. The van der Waals surface area contributed by atoms with E-state index in [0.717, 1.165) is 29.3 Å². The number of para-hydroxylation sites is 1. The van der Waals surface area contributed by atoms with Crippen LogP contribution in [0.3, 0.4) is 0 Å². The molecule has 20 heavy (non-hydrogen) atoms. The van der Waals surface area contributed by atoms with Crippen molar-refractivity contribution in [3.63, 3.8) is 0 Å². The number of amides is 1. The lowest BCUT2D eigenvalue weighted by Gasteiger charge is -2.31. The van der Waals surface area contributed by atoms with E-state index in [2.05, 4.69) is 17.2 Å². The van der Waals surface area contributed by atoms with Crippen molar-refractivity contribution in [2.45, 2.75) is 45.1 Å². The van der Waals surface area contributed by atoms with Crippen LogP contribution in [-0.4, -0.2) is 16.9 Å². The molecule has 1 saturated carbocycles. The van der Waals surface area contributed by atoms with Gasteiger partial charge in [0.1, 0.15) is 0 Å². The molecule has 1 aliphatic rings. The maximum Gasteiger partial charge on any atom is 0.253 e. The Bertz CT molecular complexity index is 602. The normalized spacial score (nSPS) is 22.9. The molecule has 1 amide bonds. The molecule has 3 nitrogen and oxygen atoms in total. The van der Waals surface area contributed by atoms with E-state index in [1.165, 1.54) is 19.3 Å². The van der Waals surface area contributed by atoms with E-state index in [1.54, 1.807) is 0 Å². The molecule has 1 aliphatic carbocycles. The first-order chi connectivity index (χ1) is 9.79. The van der Waals surface area contributed by atoms with E-state index < -0.39 is 0 Å². The number of H-pyrrole nitrogens is 1. The number of rotatable bonds is 3. The Labute approximate surface area is 119 Å². The molecule has 0 bridgehead atoms. The molecular formula is C17H22N2O. The van der Waals surface area contributed by atoms with Crippen LogP contribution < -0.4 is 5.32 Å². The molecule has 1 aromatic carbocycles. The van der Waals surface area contributed by atoms with Gasteiger partial charge in [-0.05, 0) is 30.9 Å². The van der Waals surface area contributed by atoms with Gasteiger partial charge in [0.05, 0.1) is 11.1 Å². The van der Waals surface area contributed by atoms with Gasteiger partial charge in [-0.1, -0.05) is 38.3 Å². The molecule has 0 radical (unpaired) electrons. The molecule has 3 heteroatoms. The number of hydrogen-bond acceptors (Lipinski definition) is 1. The second kappa shape index (κ2) is 5.70. The van der Waals surface area contributed by atoms with Gasteiger partial charge in [0, 0.05) is 17.6 Å². The number of aromatic amines is 1. The van der Waals surface area contributed by atoms with Crippen LogP contribution in [0.25, 0.3) is 10.9 Å². The Kier molecular flexibility index (Phi) is 3.77. The summed E-state index contributed by atoms with van der Waals surface area (Å²) >= 11 is 0. The van der Waals surface area contributed by atoms with Crippen LogP contribution in [0.5, 0.6) is 0 Å². The van der Waals surface area contributed by atoms with Crippen molar-refractivity contribution in [1.82, 2.24) is 10.3 Å². The number of fused-ring (bicyclic) bond motifs is 1. The molecule has 2 unspecified atom stereocenters. The summed E-state index contributed by atoms with van der Waals surface area (Å²) in [5.41, 5.74) is 1.70. The minimum Gasteiger partial charge on any atom is -0.361 e. The predicted molar refractivity (Wildman–Crippen MR) is 81.8 cm³/mol. The summed E-state index contributed by atoms with van der Waals surface area (Å²) in [6.07, 6.45) is 7.93. The molecule has 0 spiro atoms. The lowest BCUT2D eigenvalue weighted by Crippen LogP contribution is -2.42. The number of benzene rings is 1. The molecule has 0 saturated heterocycles. The number of carbonyl (C=O) groups is 1. The smallest absolute Gasteiger partial charge is 0.253 e. The maximum absolute atomic E-state index is 12.6. The van der Waals surface area contributed by atoms with Crippen LogP contribution in [0.4, 0.5) is 0 Å². The van der Waals surface area contributed by atoms with E-state index in [4.69, 9.17) is 0 Å². The summed E-state index contributed by atoms with van der Waals surface area (Å²) < 4.78 is 0. The summed E-state index contributed by atoms with van der Waals surface area (Å²) in [4.78, 5) is 15.7. The summed E-state index contributed by atoms with van der Waals surface area (Å²) in [5.74, 6) is 0.693. The van der Waals surface area contributed by atoms with E-state index >= 15 is 0 Å². The van der Waals surface area contributed by atoms with Gasteiger partial charge in [-0.2, -0.15) is 0 Å². The highest BCUT2D eigenvalue weighted by Crippen LogP contribution is 2.27.